The molecule has 0 aliphatic carbocycles. The van der Waals surface area contributed by atoms with Gasteiger partial charge in [0.05, 0.1) is 22.3 Å². The molecule has 0 unspecified atom stereocenters. The van der Waals surface area contributed by atoms with E-state index in [1.54, 1.807) is 11.1 Å². The van der Waals surface area contributed by atoms with Crippen LogP contribution in [0.2, 0.25) is 10.0 Å². The Balaban J connectivity index is 1.93. The predicted octanol–water partition coefficient (Wildman–Crippen LogP) is 4.07. The van der Waals surface area contributed by atoms with Gasteiger partial charge in [-0.05, 0) is 37.1 Å². The summed E-state index contributed by atoms with van der Waals surface area (Å²) in [5.41, 5.74) is 1.02. The monoisotopic (exact) mass is 336 g/mol. The molecule has 4 nitrogen and oxygen atoms in total. The molecule has 0 radical (unpaired) electrons. The Morgan fingerprint density at radius 2 is 2.09 bits per heavy atom. The second kappa shape index (κ2) is 6.15. The summed E-state index contributed by atoms with van der Waals surface area (Å²) in [5.74, 6) is -0.532. The highest BCUT2D eigenvalue weighted by Gasteiger charge is 2.32. The maximum Gasteiger partial charge on any atom is 0.258 e. The Kier molecular flexibility index (Phi) is 4.23. The van der Waals surface area contributed by atoms with Crippen LogP contribution < -0.4 is 0 Å². The summed E-state index contributed by atoms with van der Waals surface area (Å²) >= 11 is 11.8. The van der Waals surface area contributed by atoms with Crippen molar-refractivity contribution in [2.45, 2.75) is 18.9 Å². The van der Waals surface area contributed by atoms with Crippen molar-refractivity contribution in [2.75, 3.05) is 6.54 Å². The molecule has 0 bridgehead atoms. The minimum atomic E-state index is -0.272. The van der Waals surface area contributed by atoms with Gasteiger partial charge in [-0.15, -0.1) is 0 Å². The molecule has 1 amide bonds. The molecule has 2 aromatic rings. The van der Waals surface area contributed by atoms with Gasteiger partial charge in [0.1, 0.15) is 10.8 Å². The molecule has 0 spiro atoms. The van der Waals surface area contributed by atoms with Crippen molar-refractivity contribution in [2.24, 2.45) is 0 Å². The van der Waals surface area contributed by atoms with Crippen LogP contribution in [0.1, 0.15) is 34.9 Å². The fourth-order valence-electron chi connectivity index (χ4n) is 2.76. The Hall–Kier alpha value is -1.78. The number of phenolic OH excluding ortho intramolecular Hbond substituents is 1. The number of carbonyl (C=O) groups is 1. The molecule has 1 aromatic carbocycles. The van der Waals surface area contributed by atoms with Crippen LogP contribution in [0.5, 0.6) is 5.75 Å². The lowest BCUT2D eigenvalue weighted by atomic mass is 10.1. The van der Waals surface area contributed by atoms with E-state index in [1.165, 1.54) is 12.1 Å². The Morgan fingerprint density at radius 1 is 1.27 bits per heavy atom. The maximum atomic E-state index is 12.8. The topological polar surface area (TPSA) is 53.4 Å². The van der Waals surface area contributed by atoms with Gasteiger partial charge in [-0.2, -0.15) is 0 Å². The van der Waals surface area contributed by atoms with Gasteiger partial charge >= 0.3 is 0 Å². The first kappa shape index (κ1) is 15.1. The Bertz CT molecular complexity index is 707. The first-order chi connectivity index (χ1) is 10.6. The number of nitrogens with zero attached hydrogens (tertiary/aromatic N) is 2. The number of phenols is 1. The second-order valence-corrected chi connectivity index (χ2v) is 5.95. The van der Waals surface area contributed by atoms with Gasteiger partial charge in [0.15, 0.2) is 0 Å². The molecule has 1 fully saturated rings. The zero-order valence-electron chi connectivity index (χ0n) is 11.7. The van der Waals surface area contributed by atoms with Crippen molar-refractivity contribution < 1.29 is 9.90 Å². The van der Waals surface area contributed by atoms with Crippen LogP contribution in [0.25, 0.3) is 0 Å². The molecular weight excluding hydrogens is 323 g/mol. The lowest BCUT2D eigenvalue weighted by molar-refractivity contribution is 0.0730. The highest BCUT2D eigenvalue weighted by atomic mass is 35.5. The number of pyridine rings is 1. The summed E-state index contributed by atoms with van der Waals surface area (Å²) in [5, 5.41) is 10.3. The number of hydrogen-bond donors (Lipinski definition) is 1. The van der Waals surface area contributed by atoms with Gasteiger partial charge in [0, 0.05) is 12.7 Å². The van der Waals surface area contributed by atoms with E-state index in [0.29, 0.717) is 6.54 Å². The molecule has 1 aliphatic rings. The van der Waals surface area contributed by atoms with Crippen LogP contribution in [-0.2, 0) is 0 Å². The first-order valence-corrected chi connectivity index (χ1v) is 7.74. The van der Waals surface area contributed by atoms with E-state index < -0.39 is 0 Å². The number of rotatable bonds is 2. The smallest absolute Gasteiger partial charge is 0.258 e. The SMILES string of the molecule is O=C(c1ccc(Cl)c(Cl)c1O)N1CCC[C@H]1c1ccccn1. The van der Waals surface area contributed by atoms with Crippen LogP contribution >= 0.6 is 23.2 Å². The van der Waals surface area contributed by atoms with Crippen molar-refractivity contribution in [3.05, 3.63) is 57.8 Å². The standard InChI is InChI=1S/C16H14Cl2N2O2/c17-11-7-6-10(15(21)14(11)18)16(22)20-9-3-5-13(20)12-4-1-2-8-19-12/h1-2,4,6-8,13,21H,3,5,9H2/t13-/m0/s1. The normalized spacial score (nSPS) is 17.7. The molecule has 1 atom stereocenters. The van der Waals surface area contributed by atoms with Crippen LogP contribution in [0, 0.1) is 0 Å². The van der Waals surface area contributed by atoms with Gasteiger partial charge < -0.3 is 10.0 Å². The Morgan fingerprint density at radius 3 is 2.82 bits per heavy atom. The number of aromatic nitrogens is 1. The number of hydrogen-bond acceptors (Lipinski definition) is 3. The molecule has 6 heteroatoms. The second-order valence-electron chi connectivity index (χ2n) is 5.17. The maximum absolute atomic E-state index is 12.8. The predicted molar refractivity (Wildman–Crippen MR) is 85.4 cm³/mol. The van der Waals surface area contributed by atoms with Gasteiger partial charge in [0.2, 0.25) is 0 Å². The molecule has 1 N–H and O–H groups in total. The highest BCUT2D eigenvalue weighted by Crippen LogP contribution is 2.37. The third kappa shape index (κ3) is 2.64. The third-order valence-electron chi connectivity index (χ3n) is 3.84. The van der Waals surface area contributed by atoms with Crippen LogP contribution in [0.4, 0.5) is 0 Å². The van der Waals surface area contributed by atoms with Crippen LogP contribution in [0.15, 0.2) is 36.5 Å². The van der Waals surface area contributed by atoms with E-state index in [-0.39, 0.29) is 33.3 Å². The fourth-order valence-corrected chi connectivity index (χ4v) is 3.07. The number of benzene rings is 1. The van der Waals surface area contributed by atoms with Crippen molar-refractivity contribution >= 4 is 29.1 Å². The van der Waals surface area contributed by atoms with E-state index in [4.69, 9.17) is 23.2 Å². The fraction of sp³-hybridized carbons (Fsp3) is 0.250. The number of halogens is 2. The molecular formula is C16H14Cl2N2O2. The molecule has 1 aliphatic heterocycles. The largest absolute Gasteiger partial charge is 0.505 e. The zero-order chi connectivity index (χ0) is 15.7. The van der Waals surface area contributed by atoms with E-state index in [2.05, 4.69) is 4.98 Å². The summed E-state index contributed by atoms with van der Waals surface area (Å²) < 4.78 is 0. The summed E-state index contributed by atoms with van der Waals surface area (Å²) in [6, 6.07) is 8.59. The van der Waals surface area contributed by atoms with Crippen molar-refractivity contribution in [1.29, 1.82) is 0 Å². The van der Waals surface area contributed by atoms with Crippen LogP contribution in [0.3, 0.4) is 0 Å². The molecule has 2 heterocycles. The van der Waals surface area contributed by atoms with Crippen LogP contribution in [-0.4, -0.2) is 27.4 Å². The minimum absolute atomic E-state index is 0.00102. The number of likely N-dealkylation sites (tertiary alicyclic amines) is 1. The highest BCUT2D eigenvalue weighted by molar-refractivity contribution is 6.43. The van der Waals surface area contributed by atoms with Crippen molar-refractivity contribution in [3.63, 3.8) is 0 Å². The number of carbonyl (C=O) groups excluding carboxylic acids is 1. The molecule has 22 heavy (non-hydrogen) atoms. The van der Waals surface area contributed by atoms with Gasteiger partial charge in [-0.1, -0.05) is 29.3 Å². The van der Waals surface area contributed by atoms with E-state index in [9.17, 15) is 9.90 Å². The quantitative estimate of drug-likeness (QED) is 0.899. The lowest BCUT2D eigenvalue weighted by Gasteiger charge is -2.25. The van der Waals surface area contributed by atoms with Crippen molar-refractivity contribution in [1.82, 2.24) is 9.88 Å². The lowest BCUT2D eigenvalue weighted by Crippen LogP contribution is -2.31. The van der Waals surface area contributed by atoms with E-state index >= 15 is 0 Å². The Labute approximate surface area is 138 Å². The molecule has 114 valence electrons. The molecule has 0 saturated carbocycles. The average molecular weight is 337 g/mol. The molecule has 3 rings (SSSR count). The third-order valence-corrected chi connectivity index (χ3v) is 4.64. The van der Waals surface area contributed by atoms with Gasteiger partial charge in [-0.25, -0.2) is 0 Å². The van der Waals surface area contributed by atoms with Crippen molar-refractivity contribution in [3.8, 4) is 5.75 Å². The van der Waals surface area contributed by atoms with Gasteiger partial charge in [0.25, 0.3) is 5.91 Å². The number of aromatic hydroxyl groups is 1. The summed E-state index contributed by atoms with van der Waals surface area (Å²) in [6.45, 7) is 0.625. The van der Waals surface area contributed by atoms with Gasteiger partial charge in [-0.3, -0.25) is 9.78 Å². The summed E-state index contributed by atoms with van der Waals surface area (Å²) in [6.07, 6.45) is 3.47. The first-order valence-electron chi connectivity index (χ1n) is 6.98. The molecule has 1 saturated heterocycles. The summed E-state index contributed by atoms with van der Waals surface area (Å²) in [7, 11) is 0. The molecule has 1 aromatic heterocycles. The number of amides is 1. The summed E-state index contributed by atoms with van der Waals surface area (Å²) in [4.78, 5) is 18.8. The van der Waals surface area contributed by atoms with E-state index in [1.807, 2.05) is 18.2 Å². The zero-order valence-corrected chi connectivity index (χ0v) is 13.2. The minimum Gasteiger partial charge on any atom is -0.505 e. The van der Waals surface area contributed by atoms with E-state index in [0.717, 1.165) is 18.5 Å². The average Bonchev–Trinajstić information content (AvgIpc) is 3.03.